The molecule has 158 valence electrons. The number of ether oxygens (including phenoxy) is 2. The van der Waals surface area contributed by atoms with Crippen molar-refractivity contribution in [2.45, 2.75) is 63.6 Å². The van der Waals surface area contributed by atoms with E-state index in [-0.39, 0.29) is 5.79 Å². The van der Waals surface area contributed by atoms with Crippen molar-refractivity contribution in [1.29, 1.82) is 0 Å². The molecule has 1 aromatic rings. The molecule has 0 bridgehead atoms. The van der Waals surface area contributed by atoms with Crippen molar-refractivity contribution in [3.63, 3.8) is 0 Å². The van der Waals surface area contributed by atoms with Crippen LogP contribution >= 0.6 is 0 Å². The van der Waals surface area contributed by atoms with Crippen LogP contribution in [0.3, 0.4) is 0 Å². The molecule has 1 aromatic carbocycles. The summed E-state index contributed by atoms with van der Waals surface area (Å²) >= 11 is 0. The Balaban J connectivity index is 1.23. The van der Waals surface area contributed by atoms with Crippen LogP contribution in [0, 0.1) is 41.1 Å². The highest BCUT2D eigenvalue weighted by atomic mass is 19.2. The van der Waals surface area contributed by atoms with E-state index in [4.69, 9.17) is 9.47 Å². The Morgan fingerprint density at radius 2 is 1.48 bits per heavy atom. The predicted octanol–water partition coefficient (Wildman–Crippen LogP) is 6.25. The van der Waals surface area contributed by atoms with Crippen LogP contribution in [0.1, 0.15) is 63.4 Å². The molecule has 0 radical (unpaired) electrons. The Hall–Kier alpha value is -1.33. The quantitative estimate of drug-likeness (QED) is 0.541. The second-order valence-corrected chi connectivity index (χ2v) is 9.43. The highest BCUT2D eigenvalue weighted by Crippen LogP contribution is 2.49. The Kier molecular flexibility index (Phi) is 5.23. The highest BCUT2D eigenvalue weighted by Gasteiger charge is 2.43. The van der Waals surface area contributed by atoms with E-state index in [1.54, 1.807) is 0 Å². The first-order valence-electron chi connectivity index (χ1n) is 11.2. The van der Waals surface area contributed by atoms with Gasteiger partial charge in [0.2, 0.25) is 0 Å². The van der Waals surface area contributed by atoms with Gasteiger partial charge >= 0.3 is 0 Å². The minimum atomic E-state index is -1.38. The van der Waals surface area contributed by atoms with Crippen LogP contribution in [-0.4, -0.2) is 19.0 Å². The van der Waals surface area contributed by atoms with E-state index in [0.29, 0.717) is 17.4 Å². The van der Waals surface area contributed by atoms with E-state index in [2.05, 4.69) is 6.08 Å². The van der Waals surface area contributed by atoms with Gasteiger partial charge in [-0.1, -0.05) is 6.08 Å². The third-order valence-electron chi connectivity index (χ3n) is 7.91. The molecular weight excluding hydrogens is 377 g/mol. The maximum Gasteiger partial charge on any atom is 0.194 e. The summed E-state index contributed by atoms with van der Waals surface area (Å²) in [5, 5.41) is 0. The molecule has 0 N–H and O–H groups in total. The van der Waals surface area contributed by atoms with Gasteiger partial charge in [-0.05, 0) is 91.9 Å². The lowest BCUT2D eigenvalue weighted by Gasteiger charge is -2.44. The van der Waals surface area contributed by atoms with E-state index in [1.807, 2.05) is 0 Å². The number of hydrogen-bond donors (Lipinski definition) is 0. The Morgan fingerprint density at radius 1 is 0.793 bits per heavy atom. The number of rotatable bonds is 2. The van der Waals surface area contributed by atoms with Crippen LogP contribution in [0.15, 0.2) is 18.2 Å². The minimum Gasteiger partial charge on any atom is -0.348 e. The minimum absolute atomic E-state index is 0.282. The third kappa shape index (κ3) is 3.76. The van der Waals surface area contributed by atoms with Crippen molar-refractivity contribution in [1.82, 2.24) is 0 Å². The average Bonchev–Trinajstić information content (AvgIpc) is 3.19. The van der Waals surface area contributed by atoms with Crippen molar-refractivity contribution in [3.8, 4) is 0 Å². The fraction of sp³-hybridized carbons (Fsp3) is 0.667. The highest BCUT2D eigenvalue weighted by molar-refractivity contribution is 5.66. The zero-order valence-electron chi connectivity index (χ0n) is 16.8. The van der Waals surface area contributed by atoms with E-state index in [0.717, 1.165) is 74.9 Å². The summed E-state index contributed by atoms with van der Waals surface area (Å²) in [6, 6.07) is 2.28. The largest absolute Gasteiger partial charge is 0.348 e. The smallest absolute Gasteiger partial charge is 0.194 e. The Labute approximate surface area is 170 Å². The molecule has 2 nitrogen and oxygen atoms in total. The van der Waals surface area contributed by atoms with Crippen LogP contribution in [0.5, 0.6) is 0 Å². The van der Waals surface area contributed by atoms with Crippen molar-refractivity contribution < 1.29 is 22.6 Å². The van der Waals surface area contributed by atoms with Gasteiger partial charge in [0, 0.05) is 12.8 Å². The summed E-state index contributed by atoms with van der Waals surface area (Å²) < 4.78 is 52.3. The molecule has 1 saturated heterocycles. The third-order valence-corrected chi connectivity index (χ3v) is 7.91. The second-order valence-electron chi connectivity index (χ2n) is 9.43. The van der Waals surface area contributed by atoms with E-state index in [9.17, 15) is 13.2 Å². The molecule has 2 saturated carbocycles. The molecule has 1 aliphatic heterocycles. The molecule has 0 amide bonds. The summed E-state index contributed by atoms with van der Waals surface area (Å²) in [6.45, 7) is 1.46. The molecule has 3 unspecified atom stereocenters. The molecule has 5 heteroatoms. The normalized spacial score (nSPS) is 32.2. The Bertz CT molecular complexity index is 766. The van der Waals surface area contributed by atoms with Crippen molar-refractivity contribution in [2.24, 2.45) is 23.7 Å². The van der Waals surface area contributed by atoms with Crippen LogP contribution in [0.2, 0.25) is 0 Å². The van der Waals surface area contributed by atoms with Gasteiger partial charge in [0.15, 0.2) is 23.2 Å². The lowest BCUT2D eigenvalue weighted by Crippen LogP contribution is -2.38. The number of hydrogen-bond acceptors (Lipinski definition) is 2. The van der Waals surface area contributed by atoms with Gasteiger partial charge in [0.1, 0.15) is 0 Å². The fourth-order valence-corrected chi connectivity index (χ4v) is 6.30. The van der Waals surface area contributed by atoms with Gasteiger partial charge in [0.25, 0.3) is 0 Å². The van der Waals surface area contributed by atoms with Crippen LogP contribution in [0.4, 0.5) is 13.2 Å². The number of benzene rings is 1. The molecule has 1 spiro atoms. The molecule has 3 atom stereocenters. The molecule has 1 heterocycles. The molecule has 29 heavy (non-hydrogen) atoms. The van der Waals surface area contributed by atoms with Crippen LogP contribution in [0.25, 0.3) is 5.57 Å². The summed E-state index contributed by atoms with van der Waals surface area (Å²) in [4.78, 5) is 0. The van der Waals surface area contributed by atoms with Gasteiger partial charge in [0.05, 0.1) is 13.2 Å². The number of fused-ring (bicyclic) bond motifs is 1. The van der Waals surface area contributed by atoms with Gasteiger partial charge in [-0.3, -0.25) is 0 Å². The van der Waals surface area contributed by atoms with Crippen LogP contribution in [-0.2, 0) is 9.47 Å². The lowest BCUT2D eigenvalue weighted by atomic mass is 9.63. The SMILES string of the molecule is Fc1cc(C2=CC3CCC(C4CCC5(CC4)OCCO5)CC3CC2)cc(F)c1F. The molecule has 0 aromatic heterocycles. The van der Waals surface area contributed by atoms with E-state index < -0.39 is 17.5 Å². The number of allylic oxidation sites excluding steroid dienone is 2. The second kappa shape index (κ2) is 7.73. The van der Waals surface area contributed by atoms with E-state index >= 15 is 0 Å². The first-order chi connectivity index (χ1) is 14.0. The molecule has 4 aliphatic rings. The standard InChI is InChI=1S/C24H29F3O2/c25-21-13-20(14-22(26)23(21)27)19-4-3-17-11-16(1-2-18(17)12-19)15-5-7-24(8-6-15)28-9-10-29-24/h12-18H,1-11H2. The monoisotopic (exact) mass is 406 g/mol. The predicted molar refractivity (Wildman–Crippen MR) is 104 cm³/mol. The van der Waals surface area contributed by atoms with Gasteiger partial charge in [-0.2, -0.15) is 0 Å². The molecule has 3 fully saturated rings. The maximum atomic E-state index is 13.6. The molecular formula is C24H29F3O2. The zero-order valence-corrected chi connectivity index (χ0v) is 16.8. The summed E-state index contributed by atoms with van der Waals surface area (Å²) in [5.41, 5.74) is 1.47. The average molecular weight is 406 g/mol. The lowest BCUT2D eigenvalue weighted by molar-refractivity contribution is -0.185. The topological polar surface area (TPSA) is 18.5 Å². The van der Waals surface area contributed by atoms with Crippen LogP contribution < -0.4 is 0 Å². The van der Waals surface area contributed by atoms with Crippen molar-refractivity contribution in [3.05, 3.63) is 41.2 Å². The zero-order chi connectivity index (χ0) is 20.0. The molecule has 3 aliphatic carbocycles. The van der Waals surface area contributed by atoms with Crippen molar-refractivity contribution in [2.75, 3.05) is 13.2 Å². The Morgan fingerprint density at radius 3 is 2.17 bits per heavy atom. The first-order valence-corrected chi connectivity index (χ1v) is 11.2. The summed E-state index contributed by atoms with van der Waals surface area (Å²) in [7, 11) is 0. The fourth-order valence-electron chi connectivity index (χ4n) is 6.30. The van der Waals surface area contributed by atoms with Gasteiger partial charge in [-0.25, -0.2) is 13.2 Å². The van der Waals surface area contributed by atoms with Crippen molar-refractivity contribution >= 4 is 5.57 Å². The maximum absolute atomic E-state index is 13.6. The van der Waals surface area contributed by atoms with E-state index in [1.165, 1.54) is 25.7 Å². The molecule has 5 rings (SSSR count). The van der Waals surface area contributed by atoms with Gasteiger partial charge in [-0.15, -0.1) is 0 Å². The summed E-state index contributed by atoms with van der Waals surface area (Å²) in [5.74, 6) is -1.20. The first kappa shape index (κ1) is 19.6. The van der Waals surface area contributed by atoms with Gasteiger partial charge < -0.3 is 9.47 Å². The summed E-state index contributed by atoms with van der Waals surface area (Å²) in [6.07, 6.45) is 12.1. The number of halogens is 3.